The molecule has 0 radical (unpaired) electrons. The van der Waals surface area contributed by atoms with Gasteiger partial charge in [-0.15, -0.1) is 0 Å². The Morgan fingerprint density at radius 2 is 1.80 bits per heavy atom. The molecule has 4 N–H and O–H groups in total. The van der Waals surface area contributed by atoms with Crippen LogP contribution < -0.4 is 10.6 Å². The van der Waals surface area contributed by atoms with E-state index in [1.54, 1.807) is 0 Å². The lowest BCUT2D eigenvalue weighted by Gasteiger charge is -2.47. The summed E-state index contributed by atoms with van der Waals surface area (Å²) >= 11 is 0. The fourth-order valence-corrected chi connectivity index (χ4v) is 8.36. The Bertz CT molecular complexity index is 1260. The zero-order chi connectivity index (χ0) is 27.7. The summed E-state index contributed by atoms with van der Waals surface area (Å²) < 4.78 is 0. The van der Waals surface area contributed by atoms with Crippen LogP contribution in [0.15, 0.2) is 30.6 Å². The van der Waals surface area contributed by atoms with Gasteiger partial charge in [-0.05, 0) is 105 Å². The Kier molecular flexibility index (Phi) is 8.18. The molecule has 3 heterocycles. The molecule has 6 rings (SSSR count). The molecule has 1 unspecified atom stereocenters. The van der Waals surface area contributed by atoms with Crippen molar-refractivity contribution >= 4 is 16.7 Å². The number of fused-ring (bicyclic) bond motifs is 3. The highest BCUT2D eigenvalue weighted by Gasteiger charge is 2.40. The molecule has 3 aliphatic rings. The van der Waals surface area contributed by atoms with E-state index in [1.165, 1.54) is 43.4 Å². The molecular formula is C34H49N5O. The Balaban J connectivity index is 1.16. The number of rotatable bonds is 9. The van der Waals surface area contributed by atoms with E-state index in [2.05, 4.69) is 54.6 Å². The highest BCUT2D eigenvalue weighted by Crippen LogP contribution is 2.50. The van der Waals surface area contributed by atoms with Gasteiger partial charge in [0.25, 0.3) is 0 Å². The number of aromatic amines is 1. The number of nitrogens with one attached hydrogen (secondary N) is 3. The quantitative estimate of drug-likeness (QED) is 0.229. The first-order chi connectivity index (χ1) is 19.4. The second-order valence-corrected chi connectivity index (χ2v) is 13.9. The molecule has 3 aromatic rings. The average molecular weight is 544 g/mol. The van der Waals surface area contributed by atoms with E-state index in [0.29, 0.717) is 11.5 Å². The first-order valence-electron chi connectivity index (χ1n) is 16.0. The average Bonchev–Trinajstić information content (AvgIpc) is 3.33. The SMILES string of the molecule is CCCc1cc2c(N[C@H]3CC[C@H](O)CC3)c(-c3ccc(CNCC4(C)C[C@@H]5C[C@@H](C)C[C@@H](C5)C4)cn3)cnc2[nH]1. The van der Waals surface area contributed by atoms with Gasteiger partial charge in [0, 0.05) is 48.2 Å². The van der Waals surface area contributed by atoms with Gasteiger partial charge in [0.2, 0.25) is 0 Å². The molecular weight excluding hydrogens is 494 g/mol. The number of aliphatic hydroxyl groups excluding tert-OH is 1. The van der Waals surface area contributed by atoms with Gasteiger partial charge in [0.15, 0.2) is 0 Å². The van der Waals surface area contributed by atoms with Crippen LogP contribution in [0.25, 0.3) is 22.3 Å². The first-order valence-corrected chi connectivity index (χ1v) is 16.0. The van der Waals surface area contributed by atoms with Crippen LogP contribution in [0.5, 0.6) is 0 Å². The molecule has 3 aromatic heterocycles. The van der Waals surface area contributed by atoms with Crippen molar-refractivity contribution in [3.63, 3.8) is 0 Å². The third kappa shape index (κ3) is 6.23. The summed E-state index contributed by atoms with van der Waals surface area (Å²) in [7, 11) is 0. The van der Waals surface area contributed by atoms with Crippen molar-refractivity contribution in [1.29, 1.82) is 0 Å². The monoisotopic (exact) mass is 543 g/mol. The van der Waals surface area contributed by atoms with Crippen LogP contribution in [0.3, 0.4) is 0 Å². The van der Waals surface area contributed by atoms with Gasteiger partial charge in [-0.25, -0.2) is 4.98 Å². The van der Waals surface area contributed by atoms with Crippen molar-refractivity contribution in [1.82, 2.24) is 20.3 Å². The fourth-order valence-electron chi connectivity index (χ4n) is 8.36. The molecule has 3 saturated carbocycles. The van der Waals surface area contributed by atoms with Crippen molar-refractivity contribution < 1.29 is 5.11 Å². The molecule has 216 valence electrons. The number of aliphatic hydroxyl groups is 1. The Labute approximate surface area is 240 Å². The predicted octanol–water partition coefficient (Wildman–Crippen LogP) is 7.23. The number of nitrogens with zero attached hydrogens (tertiary/aromatic N) is 2. The van der Waals surface area contributed by atoms with Gasteiger partial charge >= 0.3 is 0 Å². The van der Waals surface area contributed by atoms with Crippen LogP contribution >= 0.6 is 0 Å². The first kappa shape index (κ1) is 27.7. The molecule has 6 heteroatoms. The van der Waals surface area contributed by atoms with Crippen molar-refractivity contribution in [2.24, 2.45) is 23.2 Å². The van der Waals surface area contributed by atoms with Gasteiger partial charge in [-0.1, -0.05) is 33.3 Å². The minimum absolute atomic E-state index is 0.162. The lowest BCUT2D eigenvalue weighted by molar-refractivity contribution is 0.0463. The van der Waals surface area contributed by atoms with Gasteiger partial charge < -0.3 is 20.7 Å². The maximum atomic E-state index is 10.0. The molecule has 4 atom stereocenters. The lowest BCUT2D eigenvalue weighted by Crippen LogP contribution is -2.41. The fraction of sp³-hybridized carbons (Fsp3) is 0.647. The maximum Gasteiger partial charge on any atom is 0.139 e. The smallest absolute Gasteiger partial charge is 0.139 e. The molecule has 40 heavy (non-hydrogen) atoms. The second-order valence-electron chi connectivity index (χ2n) is 13.9. The van der Waals surface area contributed by atoms with E-state index in [0.717, 1.165) is 97.3 Å². The molecule has 6 nitrogen and oxygen atoms in total. The minimum atomic E-state index is -0.162. The van der Waals surface area contributed by atoms with E-state index >= 15 is 0 Å². The predicted molar refractivity (Wildman–Crippen MR) is 164 cm³/mol. The molecule has 0 aliphatic heterocycles. The Hall–Kier alpha value is -2.44. The van der Waals surface area contributed by atoms with E-state index in [9.17, 15) is 5.11 Å². The molecule has 3 fully saturated rings. The number of anilines is 1. The van der Waals surface area contributed by atoms with Crippen molar-refractivity contribution in [3.05, 3.63) is 41.9 Å². The van der Waals surface area contributed by atoms with Crippen LogP contribution in [-0.2, 0) is 13.0 Å². The number of aromatic nitrogens is 3. The third-order valence-corrected chi connectivity index (χ3v) is 9.96. The Morgan fingerprint density at radius 3 is 2.50 bits per heavy atom. The summed E-state index contributed by atoms with van der Waals surface area (Å²) in [4.78, 5) is 13.2. The van der Waals surface area contributed by atoms with E-state index in [1.807, 2.05) is 12.4 Å². The van der Waals surface area contributed by atoms with Crippen LogP contribution in [0, 0.1) is 23.2 Å². The van der Waals surface area contributed by atoms with Crippen LogP contribution in [0.2, 0.25) is 0 Å². The molecule has 2 bridgehead atoms. The number of pyridine rings is 2. The van der Waals surface area contributed by atoms with Crippen LogP contribution in [0.1, 0.15) is 96.2 Å². The third-order valence-electron chi connectivity index (χ3n) is 9.96. The van der Waals surface area contributed by atoms with Crippen LogP contribution in [0.4, 0.5) is 5.69 Å². The van der Waals surface area contributed by atoms with Crippen molar-refractivity contribution in [3.8, 4) is 11.3 Å². The zero-order valence-electron chi connectivity index (χ0n) is 24.8. The standard InChI is InChI=1S/C34H49N5O/c1-4-5-27-15-29-32(38-26-7-9-28(40)10-8-26)30(20-37-33(29)39-27)31-11-6-23(19-36-31)18-35-21-34(3)16-24-12-22(2)13-25(14-24)17-34/h6,11,15,19-20,22,24-26,28,35,40H,4-5,7-10,12-14,16-18,21H2,1-3H3,(H2,37,38,39)/t22-,24-,25+,26-,28-,34?. The molecule has 0 aromatic carbocycles. The minimum Gasteiger partial charge on any atom is -0.393 e. The highest BCUT2D eigenvalue weighted by atomic mass is 16.3. The number of aryl methyl sites for hydroxylation is 1. The molecule has 0 saturated heterocycles. The normalized spacial score (nSPS) is 30.4. The Morgan fingerprint density at radius 1 is 1.02 bits per heavy atom. The second kappa shape index (κ2) is 11.8. The van der Waals surface area contributed by atoms with Gasteiger partial charge in [0.05, 0.1) is 17.5 Å². The van der Waals surface area contributed by atoms with Crippen molar-refractivity contribution in [2.75, 3.05) is 11.9 Å². The number of H-pyrrole nitrogens is 1. The maximum absolute atomic E-state index is 10.0. The van der Waals surface area contributed by atoms with Gasteiger partial charge in [-0.3, -0.25) is 4.98 Å². The summed E-state index contributed by atoms with van der Waals surface area (Å²) in [6.07, 6.45) is 16.7. The van der Waals surface area contributed by atoms with Gasteiger partial charge in [0.1, 0.15) is 5.65 Å². The number of hydrogen-bond acceptors (Lipinski definition) is 5. The summed E-state index contributed by atoms with van der Waals surface area (Å²) in [5.41, 5.74) is 6.93. The summed E-state index contributed by atoms with van der Waals surface area (Å²) in [6.45, 7) is 9.12. The van der Waals surface area contributed by atoms with E-state index < -0.39 is 0 Å². The molecule has 3 aliphatic carbocycles. The summed E-state index contributed by atoms with van der Waals surface area (Å²) in [5, 5.41) is 18.8. The zero-order valence-corrected chi connectivity index (χ0v) is 24.8. The molecule has 0 spiro atoms. The molecule has 0 amide bonds. The van der Waals surface area contributed by atoms with Crippen molar-refractivity contribution in [2.45, 2.75) is 110 Å². The van der Waals surface area contributed by atoms with E-state index in [4.69, 9.17) is 9.97 Å². The summed E-state index contributed by atoms with van der Waals surface area (Å²) in [6, 6.07) is 6.99. The lowest BCUT2D eigenvalue weighted by atomic mass is 9.59. The van der Waals surface area contributed by atoms with Crippen LogP contribution in [-0.4, -0.2) is 38.7 Å². The topological polar surface area (TPSA) is 85.9 Å². The van der Waals surface area contributed by atoms with Gasteiger partial charge in [-0.2, -0.15) is 0 Å². The highest BCUT2D eigenvalue weighted by molar-refractivity contribution is 5.98. The summed E-state index contributed by atoms with van der Waals surface area (Å²) in [5.74, 6) is 2.78. The van der Waals surface area contributed by atoms with E-state index in [-0.39, 0.29) is 6.10 Å². The number of hydrogen-bond donors (Lipinski definition) is 4. The largest absolute Gasteiger partial charge is 0.393 e.